The summed E-state index contributed by atoms with van der Waals surface area (Å²) in [4.78, 5) is 23.1. The highest BCUT2D eigenvalue weighted by Gasteiger charge is 2.30. The molecule has 0 spiro atoms. The first-order chi connectivity index (χ1) is 17.4. The molecule has 0 saturated heterocycles. The summed E-state index contributed by atoms with van der Waals surface area (Å²) in [5, 5.41) is 2.77. The van der Waals surface area contributed by atoms with Gasteiger partial charge in [0.15, 0.2) is 0 Å². The number of nitrogens with one attached hydrogen (secondary N) is 1. The summed E-state index contributed by atoms with van der Waals surface area (Å²) in [5.41, 5.74) is 2.59. The number of benzene rings is 1. The van der Waals surface area contributed by atoms with Crippen LogP contribution >= 0.6 is 0 Å². The number of ether oxygens (including phenoxy) is 1. The van der Waals surface area contributed by atoms with Crippen LogP contribution in [0.25, 0.3) is 0 Å². The molecule has 0 atom stereocenters. The van der Waals surface area contributed by atoms with Gasteiger partial charge in [0.1, 0.15) is 5.69 Å². The Kier molecular flexibility index (Phi) is 10.2. The molecule has 3 aromatic rings. The maximum absolute atomic E-state index is 13.5. The first-order valence-corrected chi connectivity index (χ1v) is 12.3. The number of pyridine rings is 2. The molecule has 1 aliphatic carbocycles. The number of amides is 2. The fourth-order valence-corrected chi connectivity index (χ4v) is 4.30. The van der Waals surface area contributed by atoms with Gasteiger partial charge >= 0.3 is 12.6 Å². The highest BCUT2D eigenvalue weighted by atomic mass is 19.3. The SMILES string of the molecule is Cc1ccc(NC(=O)N(c2ccccc2C(C)C)C2CCCCC2)c(OC(F)F)n1.c1ccncc1. The van der Waals surface area contributed by atoms with E-state index in [0.29, 0.717) is 5.69 Å². The van der Waals surface area contributed by atoms with Crippen molar-refractivity contribution in [2.75, 3.05) is 10.2 Å². The Morgan fingerprint density at radius 1 is 1.00 bits per heavy atom. The fourth-order valence-electron chi connectivity index (χ4n) is 4.30. The van der Waals surface area contributed by atoms with Crippen LogP contribution in [0.5, 0.6) is 5.88 Å². The Balaban J connectivity index is 0.000000526. The Morgan fingerprint density at radius 3 is 2.28 bits per heavy atom. The number of aromatic nitrogens is 2. The van der Waals surface area contributed by atoms with Crippen molar-refractivity contribution in [2.24, 2.45) is 0 Å². The summed E-state index contributed by atoms with van der Waals surface area (Å²) in [6.07, 6.45) is 8.60. The molecule has 2 aromatic heterocycles. The molecule has 0 aliphatic heterocycles. The highest BCUT2D eigenvalue weighted by molar-refractivity contribution is 6.03. The van der Waals surface area contributed by atoms with E-state index in [1.54, 1.807) is 36.4 Å². The molecule has 1 fully saturated rings. The molecule has 2 heterocycles. The number of urea groups is 1. The lowest BCUT2D eigenvalue weighted by Gasteiger charge is -2.36. The van der Waals surface area contributed by atoms with Crippen LogP contribution in [0, 0.1) is 6.92 Å². The number of anilines is 2. The Morgan fingerprint density at radius 2 is 1.69 bits per heavy atom. The van der Waals surface area contributed by atoms with Crippen molar-refractivity contribution in [1.29, 1.82) is 0 Å². The van der Waals surface area contributed by atoms with Crippen LogP contribution in [0.2, 0.25) is 0 Å². The maximum Gasteiger partial charge on any atom is 0.388 e. The number of nitrogens with zero attached hydrogens (tertiary/aromatic N) is 3. The third kappa shape index (κ3) is 7.73. The summed E-state index contributed by atoms with van der Waals surface area (Å²) in [7, 11) is 0. The molecule has 2 amide bonds. The van der Waals surface area contributed by atoms with Crippen LogP contribution in [0.4, 0.5) is 25.0 Å². The first kappa shape index (κ1) is 27.0. The molecule has 1 aromatic carbocycles. The Bertz CT molecular complexity index is 1060. The minimum atomic E-state index is -3.02. The Hall–Kier alpha value is -3.55. The predicted molar refractivity (Wildman–Crippen MR) is 139 cm³/mol. The molecule has 4 rings (SSSR count). The molecule has 0 bridgehead atoms. The molecule has 1 aliphatic rings. The van der Waals surface area contributed by atoms with Crippen molar-refractivity contribution in [3.05, 3.63) is 78.2 Å². The van der Waals surface area contributed by atoms with Crippen molar-refractivity contribution in [2.45, 2.75) is 71.4 Å². The number of carbonyl (C=O) groups is 1. The van der Waals surface area contributed by atoms with E-state index in [2.05, 4.69) is 33.9 Å². The van der Waals surface area contributed by atoms with Gasteiger partial charge in [0.2, 0.25) is 5.88 Å². The van der Waals surface area contributed by atoms with Crippen molar-refractivity contribution in [3.8, 4) is 5.88 Å². The van der Waals surface area contributed by atoms with Crippen molar-refractivity contribution in [1.82, 2.24) is 9.97 Å². The second kappa shape index (κ2) is 13.5. The number of carbonyl (C=O) groups excluding carboxylic acids is 1. The van der Waals surface area contributed by atoms with E-state index in [9.17, 15) is 13.6 Å². The maximum atomic E-state index is 13.5. The largest absolute Gasteiger partial charge is 0.415 e. The first-order valence-electron chi connectivity index (χ1n) is 12.3. The monoisotopic (exact) mass is 496 g/mol. The van der Waals surface area contributed by atoms with Crippen LogP contribution in [0.15, 0.2) is 67.0 Å². The number of rotatable bonds is 6. The summed E-state index contributed by atoms with van der Waals surface area (Å²) in [6.45, 7) is 2.84. The van der Waals surface area contributed by atoms with E-state index in [1.165, 1.54) is 0 Å². The van der Waals surface area contributed by atoms with Crippen molar-refractivity contribution < 1.29 is 18.3 Å². The van der Waals surface area contributed by atoms with Gasteiger partial charge in [-0.1, -0.05) is 57.4 Å². The molecule has 36 heavy (non-hydrogen) atoms. The molecule has 1 saturated carbocycles. The van der Waals surface area contributed by atoms with Crippen LogP contribution in [0.1, 0.15) is 63.1 Å². The highest BCUT2D eigenvalue weighted by Crippen LogP contribution is 2.34. The summed E-state index contributed by atoms with van der Waals surface area (Å²) in [6, 6.07) is 16.5. The molecule has 1 N–H and O–H groups in total. The second-order valence-electron chi connectivity index (χ2n) is 9.01. The number of para-hydroxylation sites is 1. The molecule has 8 heteroatoms. The topological polar surface area (TPSA) is 67.4 Å². The lowest BCUT2D eigenvalue weighted by molar-refractivity contribution is -0.0523. The minimum Gasteiger partial charge on any atom is -0.415 e. The van der Waals surface area contributed by atoms with Crippen molar-refractivity contribution >= 4 is 17.4 Å². The zero-order chi connectivity index (χ0) is 25.9. The molecular weight excluding hydrogens is 462 g/mol. The van der Waals surface area contributed by atoms with Crippen molar-refractivity contribution in [3.63, 3.8) is 0 Å². The quantitative estimate of drug-likeness (QED) is 0.382. The van der Waals surface area contributed by atoms with Gasteiger partial charge in [0.25, 0.3) is 0 Å². The predicted octanol–water partition coefficient (Wildman–Crippen LogP) is 7.57. The summed E-state index contributed by atoms with van der Waals surface area (Å²) >= 11 is 0. The lowest BCUT2D eigenvalue weighted by Crippen LogP contribution is -2.44. The number of hydrogen-bond acceptors (Lipinski definition) is 4. The van der Waals surface area contributed by atoms with Crippen LogP contribution < -0.4 is 15.0 Å². The fraction of sp³-hybridized carbons (Fsp3) is 0.393. The van der Waals surface area contributed by atoms with E-state index in [0.717, 1.165) is 43.4 Å². The van der Waals surface area contributed by atoms with E-state index in [1.807, 2.05) is 42.5 Å². The minimum absolute atomic E-state index is 0.0523. The number of alkyl halides is 2. The smallest absolute Gasteiger partial charge is 0.388 e. The average molecular weight is 497 g/mol. The van der Waals surface area contributed by atoms with Gasteiger partial charge in [-0.2, -0.15) is 8.78 Å². The van der Waals surface area contributed by atoms with Gasteiger partial charge in [-0.05, 0) is 61.6 Å². The molecule has 0 unspecified atom stereocenters. The van der Waals surface area contributed by atoms with E-state index >= 15 is 0 Å². The van der Waals surface area contributed by atoms with Crippen LogP contribution in [0.3, 0.4) is 0 Å². The lowest BCUT2D eigenvalue weighted by atomic mass is 9.92. The average Bonchev–Trinajstić information content (AvgIpc) is 2.88. The van der Waals surface area contributed by atoms with Gasteiger partial charge in [-0.25, -0.2) is 9.78 Å². The molecule has 0 radical (unpaired) electrons. The second-order valence-corrected chi connectivity index (χ2v) is 9.01. The zero-order valence-corrected chi connectivity index (χ0v) is 21.0. The number of hydrogen-bond donors (Lipinski definition) is 1. The molecular formula is C28H34F2N4O2. The molecule has 6 nitrogen and oxygen atoms in total. The zero-order valence-electron chi connectivity index (χ0n) is 21.0. The van der Waals surface area contributed by atoms with Gasteiger partial charge in [0.05, 0.1) is 0 Å². The third-order valence-corrected chi connectivity index (χ3v) is 5.99. The van der Waals surface area contributed by atoms with Gasteiger partial charge in [-0.3, -0.25) is 9.88 Å². The van der Waals surface area contributed by atoms with Gasteiger partial charge in [-0.15, -0.1) is 0 Å². The standard InChI is InChI=1S/C23H29F2N3O2.C5H5N/c1-15(2)18-11-7-8-12-20(18)28(17-9-5-4-6-10-17)23(29)27-19-14-13-16(3)26-21(19)30-22(24)25;1-2-4-6-5-3-1/h7-8,11-15,17,22H,4-6,9-10H2,1-3H3,(H,27,29);1-5H. The van der Waals surface area contributed by atoms with Gasteiger partial charge in [0, 0.05) is 29.8 Å². The van der Waals surface area contributed by atoms with Crippen LogP contribution in [-0.4, -0.2) is 28.7 Å². The van der Waals surface area contributed by atoms with Gasteiger partial charge < -0.3 is 10.1 Å². The third-order valence-electron chi connectivity index (χ3n) is 5.99. The van der Waals surface area contributed by atoms with E-state index < -0.39 is 6.61 Å². The van der Waals surface area contributed by atoms with E-state index in [4.69, 9.17) is 0 Å². The summed E-state index contributed by atoms with van der Waals surface area (Å²) < 4.78 is 30.2. The molecule has 192 valence electrons. The summed E-state index contributed by atoms with van der Waals surface area (Å²) in [5.74, 6) is -0.0436. The van der Waals surface area contributed by atoms with Crippen LogP contribution in [-0.2, 0) is 0 Å². The number of aryl methyl sites for hydroxylation is 1. The normalized spacial score (nSPS) is 13.6. The Labute approximate surface area is 211 Å². The number of halogens is 2. The van der Waals surface area contributed by atoms with E-state index in [-0.39, 0.29) is 29.6 Å².